The van der Waals surface area contributed by atoms with Crippen LogP contribution in [0.3, 0.4) is 0 Å². The molecule has 110 valence electrons. The van der Waals surface area contributed by atoms with E-state index >= 15 is 0 Å². The van der Waals surface area contributed by atoms with Crippen LogP contribution in [-0.4, -0.2) is 20.7 Å². The van der Waals surface area contributed by atoms with Gasteiger partial charge < -0.3 is 0 Å². The molecule has 0 amide bonds. The van der Waals surface area contributed by atoms with Gasteiger partial charge >= 0.3 is 11.4 Å². The lowest BCUT2D eigenvalue weighted by atomic mass is 10.0. The molecular formula is C13H27ClO3S. The molecule has 0 spiro atoms. The third kappa shape index (κ3) is 12.8. The summed E-state index contributed by atoms with van der Waals surface area (Å²) in [4.78, 5) is 0. The number of unbranched alkanes of at least 4 members (excludes halogenated alkanes) is 6. The van der Waals surface area contributed by atoms with E-state index < -0.39 is 11.4 Å². The Kier molecular flexibility index (Phi) is 14.1. The Morgan fingerprint density at radius 2 is 1.61 bits per heavy atom. The van der Waals surface area contributed by atoms with Gasteiger partial charge in [0.2, 0.25) is 0 Å². The minimum Gasteiger partial charge on any atom is -0.284 e. The molecule has 0 aliphatic heterocycles. The van der Waals surface area contributed by atoms with Crippen LogP contribution >= 0.6 is 11.6 Å². The summed E-state index contributed by atoms with van der Waals surface area (Å²) < 4.78 is 24.3. The van der Waals surface area contributed by atoms with Crippen LogP contribution in [0.2, 0.25) is 0 Å². The van der Waals surface area contributed by atoms with Crippen LogP contribution in [0.25, 0.3) is 0 Å². The summed E-state index contributed by atoms with van der Waals surface area (Å²) in [6.07, 6.45) is 11.1. The monoisotopic (exact) mass is 298 g/mol. The zero-order chi connectivity index (χ0) is 13.6. The fourth-order valence-corrected chi connectivity index (χ4v) is 2.57. The van der Waals surface area contributed by atoms with Crippen molar-refractivity contribution < 1.29 is 12.9 Å². The average molecular weight is 299 g/mol. The molecule has 2 unspecified atom stereocenters. The summed E-state index contributed by atoms with van der Waals surface area (Å²) in [5.41, 5.74) is 0. The van der Waals surface area contributed by atoms with Crippen molar-refractivity contribution in [1.82, 2.24) is 0 Å². The molecule has 0 rings (SSSR count). The van der Waals surface area contributed by atoms with Gasteiger partial charge in [0.05, 0.1) is 6.10 Å². The van der Waals surface area contributed by atoms with Gasteiger partial charge in [0, 0.05) is 5.88 Å². The highest BCUT2D eigenvalue weighted by molar-refractivity contribution is 7.74. The number of alkyl halides is 1. The molecule has 0 fully saturated rings. The first-order chi connectivity index (χ1) is 8.70. The predicted octanol–water partition coefficient (Wildman–Crippen LogP) is 4.67. The van der Waals surface area contributed by atoms with E-state index in [4.69, 9.17) is 20.3 Å². The second-order valence-corrected chi connectivity index (χ2v) is 5.68. The molecule has 0 radical (unpaired) electrons. The van der Waals surface area contributed by atoms with Crippen molar-refractivity contribution in [2.75, 3.05) is 5.88 Å². The highest BCUT2D eigenvalue weighted by Gasteiger charge is 2.11. The van der Waals surface area contributed by atoms with Crippen molar-refractivity contribution >= 4 is 23.0 Å². The molecule has 0 saturated heterocycles. The molecule has 0 bridgehead atoms. The lowest BCUT2D eigenvalue weighted by Gasteiger charge is -2.14. The molecule has 2 atom stereocenters. The van der Waals surface area contributed by atoms with Gasteiger partial charge in [-0.3, -0.25) is 8.74 Å². The largest absolute Gasteiger partial charge is 0.302 e. The lowest BCUT2D eigenvalue weighted by molar-refractivity contribution is 0.179. The van der Waals surface area contributed by atoms with Crippen LogP contribution in [0.4, 0.5) is 0 Å². The maximum atomic E-state index is 10.6. The maximum Gasteiger partial charge on any atom is 0.302 e. The van der Waals surface area contributed by atoms with Gasteiger partial charge in [0.25, 0.3) is 0 Å². The summed E-state index contributed by atoms with van der Waals surface area (Å²) in [5.74, 6) is 0.578. The number of hydrogen-bond donors (Lipinski definition) is 1. The highest BCUT2D eigenvalue weighted by atomic mass is 35.5. The second-order valence-electron chi connectivity index (χ2n) is 4.68. The molecule has 0 aromatic carbocycles. The minimum absolute atomic E-state index is 0.120. The van der Waals surface area contributed by atoms with Crippen molar-refractivity contribution in [1.29, 1.82) is 0 Å². The molecule has 0 saturated carbocycles. The zero-order valence-electron chi connectivity index (χ0n) is 11.4. The van der Waals surface area contributed by atoms with Crippen LogP contribution in [-0.2, 0) is 15.5 Å². The minimum atomic E-state index is -2.15. The van der Waals surface area contributed by atoms with Crippen molar-refractivity contribution in [3.05, 3.63) is 0 Å². The molecule has 0 aromatic rings. The van der Waals surface area contributed by atoms with E-state index in [1.165, 1.54) is 38.5 Å². The Hall–Kier alpha value is 0.360. The van der Waals surface area contributed by atoms with E-state index in [1.54, 1.807) is 0 Å². The number of hydrogen-bond acceptors (Lipinski definition) is 2. The first-order valence-electron chi connectivity index (χ1n) is 7.04. The summed E-state index contributed by atoms with van der Waals surface area (Å²) in [5, 5.41) is 0. The highest BCUT2D eigenvalue weighted by Crippen LogP contribution is 2.15. The van der Waals surface area contributed by atoms with Gasteiger partial charge in [-0.2, -0.15) is 4.21 Å². The van der Waals surface area contributed by atoms with Gasteiger partial charge in [-0.1, -0.05) is 51.9 Å². The Morgan fingerprint density at radius 3 is 2.17 bits per heavy atom. The second kappa shape index (κ2) is 13.8. The van der Waals surface area contributed by atoms with Gasteiger partial charge in [-0.05, 0) is 19.3 Å². The van der Waals surface area contributed by atoms with E-state index in [0.29, 0.717) is 5.88 Å². The summed E-state index contributed by atoms with van der Waals surface area (Å²) in [6, 6.07) is 0. The van der Waals surface area contributed by atoms with Crippen molar-refractivity contribution in [3.8, 4) is 0 Å². The molecular weight excluding hydrogens is 272 g/mol. The van der Waals surface area contributed by atoms with Gasteiger partial charge in [0.15, 0.2) is 0 Å². The van der Waals surface area contributed by atoms with Crippen molar-refractivity contribution in [3.63, 3.8) is 0 Å². The fraction of sp³-hybridized carbons (Fsp3) is 1.00. The molecule has 0 aliphatic rings. The topological polar surface area (TPSA) is 46.5 Å². The molecule has 0 aromatic heterocycles. The Balaban J connectivity index is 3.52. The number of rotatable bonds is 13. The molecule has 3 nitrogen and oxygen atoms in total. The van der Waals surface area contributed by atoms with Gasteiger partial charge in [-0.25, -0.2) is 0 Å². The standard InChI is InChI=1S/C13H27ClO3S/c1-2-3-4-5-6-7-8-10-13(11-9-12-14)17-18(15)16/h13H,2-12H2,1H3,(H,15,16). The van der Waals surface area contributed by atoms with Crippen LogP contribution in [0.5, 0.6) is 0 Å². The Morgan fingerprint density at radius 1 is 1.06 bits per heavy atom. The van der Waals surface area contributed by atoms with E-state index in [2.05, 4.69) is 6.92 Å². The molecule has 0 heterocycles. The van der Waals surface area contributed by atoms with Crippen molar-refractivity contribution in [2.24, 2.45) is 0 Å². The Labute approximate surface area is 119 Å². The molecule has 18 heavy (non-hydrogen) atoms. The predicted molar refractivity (Wildman–Crippen MR) is 78.2 cm³/mol. The third-order valence-corrected chi connectivity index (χ3v) is 3.71. The first kappa shape index (κ1) is 18.4. The lowest BCUT2D eigenvalue weighted by Crippen LogP contribution is -2.14. The fourth-order valence-electron chi connectivity index (χ4n) is 1.99. The Bertz CT molecular complexity index is 203. The summed E-state index contributed by atoms with van der Waals surface area (Å²) >= 11 is 3.47. The van der Waals surface area contributed by atoms with Crippen LogP contribution < -0.4 is 0 Å². The van der Waals surface area contributed by atoms with Crippen LogP contribution in [0.15, 0.2) is 0 Å². The third-order valence-electron chi connectivity index (χ3n) is 3.01. The quantitative estimate of drug-likeness (QED) is 0.305. The van der Waals surface area contributed by atoms with E-state index in [9.17, 15) is 4.21 Å². The van der Waals surface area contributed by atoms with Gasteiger partial charge in [-0.15, -0.1) is 11.6 Å². The smallest absolute Gasteiger partial charge is 0.284 e. The van der Waals surface area contributed by atoms with Crippen molar-refractivity contribution in [2.45, 2.75) is 77.2 Å². The van der Waals surface area contributed by atoms with Crippen LogP contribution in [0.1, 0.15) is 71.1 Å². The first-order valence-corrected chi connectivity index (χ1v) is 8.61. The van der Waals surface area contributed by atoms with E-state index in [0.717, 1.165) is 25.7 Å². The molecule has 5 heteroatoms. The zero-order valence-corrected chi connectivity index (χ0v) is 13.0. The maximum absolute atomic E-state index is 10.6. The molecule has 1 N–H and O–H groups in total. The van der Waals surface area contributed by atoms with E-state index in [-0.39, 0.29) is 6.10 Å². The molecule has 0 aliphatic carbocycles. The summed E-state index contributed by atoms with van der Waals surface area (Å²) in [6.45, 7) is 2.22. The summed E-state index contributed by atoms with van der Waals surface area (Å²) in [7, 11) is 0. The number of halogens is 1. The SMILES string of the molecule is CCCCCCCCCC(CCCCl)OS(=O)O. The average Bonchev–Trinajstić information content (AvgIpc) is 2.34. The van der Waals surface area contributed by atoms with E-state index in [1.807, 2.05) is 0 Å². The normalized spacial score (nSPS) is 14.6. The van der Waals surface area contributed by atoms with Gasteiger partial charge in [0.1, 0.15) is 0 Å². The van der Waals surface area contributed by atoms with Crippen LogP contribution in [0, 0.1) is 0 Å².